The Morgan fingerprint density at radius 2 is 1.72 bits per heavy atom. The lowest BCUT2D eigenvalue weighted by Gasteiger charge is -2.11. The first-order chi connectivity index (χ1) is 14.2. The van der Waals surface area contributed by atoms with Gasteiger partial charge >= 0.3 is 6.01 Å². The highest BCUT2D eigenvalue weighted by Crippen LogP contribution is 2.13. The van der Waals surface area contributed by atoms with Gasteiger partial charge in [-0.3, -0.25) is 0 Å². The summed E-state index contributed by atoms with van der Waals surface area (Å²) < 4.78 is 29.9. The van der Waals surface area contributed by atoms with Crippen molar-refractivity contribution >= 4 is 11.9 Å². The van der Waals surface area contributed by atoms with E-state index in [0.717, 1.165) is 0 Å². The third kappa shape index (κ3) is 8.81. The van der Waals surface area contributed by atoms with Gasteiger partial charge in [0.25, 0.3) is 0 Å². The van der Waals surface area contributed by atoms with Crippen molar-refractivity contribution in [2.75, 3.05) is 56.8 Å². The molecule has 1 heterocycles. The highest BCUT2D eigenvalue weighted by atomic mass is 19.1. The van der Waals surface area contributed by atoms with Gasteiger partial charge in [0, 0.05) is 25.2 Å². The van der Waals surface area contributed by atoms with Crippen molar-refractivity contribution < 1.29 is 18.6 Å². The molecule has 0 atom stereocenters. The highest BCUT2D eigenvalue weighted by molar-refractivity contribution is 5.37. The zero-order valence-corrected chi connectivity index (χ0v) is 16.3. The minimum atomic E-state index is -0.303. The van der Waals surface area contributed by atoms with Crippen molar-refractivity contribution in [2.45, 2.75) is 6.54 Å². The van der Waals surface area contributed by atoms with Crippen molar-refractivity contribution in [3.63, 3.8) is 0 Å². The molecule has 4 N–H and O–H groups in total. The molecule has 0 saturated heterocycles. The molecule has 0 spiro atoms. The molecule has 1 aromatic heterocycles. The SMILES string of the molecule is C=CCOc1nc(NCCOCCOCCN)nc(NCc2ccccc2F)n1. The number of halogens is 1. The molecule has 29 heavy (non-hydrogen) atoms. The van der Waals surface area contributed by atoms with Crippen LogP contribution in [0.1, 0.15) is 5.56 Å². The fourth-order valence-electron chi connectivity index (χ4n) is 2.17. The van der Waals surface area contributed by atoms with Crippen LogP contribution in [0.4, 0.5) is 16.3 Å². The number of nitrogens with two attached hydrogens (primary N) is 1. The molecule has 10 heteroatoms. The summed E-state index contributed by atoms with van der Waals surface area (Å²) >= 11 is 0. The van der Waals surface area contributed by atoms with Crippen LogP contribution in [0.25, 0.3) is 0 Å². The quantitative estimate of drug-likeness (QED) is 0.299. The number of hydrogen-bond acceptors (Lipinski definition) is 9. The second-order valence-electron chi connectivity index (χ2n) is 5.75. The largest absolute Gasteiger partial charge is 0.459 e. The topological polar surface area (TPSA) is 116 Å². The number of benzene rings is 1. The molecule has 0 aliphatic rings. The Hall–Kier alpha value is -2.82. The smallest absolute Gasteiger partial charge is 0.323 e. The van der Waals surface area contributed by atoms with Crippen LogP contribution in [-0.2, 0) is 16.0 Å². The van der Waals surface area contributed by atoms with Gasteiger partial charge in [-0.1, -0.05) is 30.9 Å². The summed E-state index contributed by atoms with van der Waals surface area (Å²) in [6.45, 7) is 6.98. The van der Waals surface area contributed by atoms with E-state index in [2.05, 4.69) is 32.2 Å². The van der Waals surface area contributed by atoms with Crippen LogP contribution in [0.15, 0.2) is 36.9 Å². The standard InChI is InChI=1S/C19H27FN6O3/c1-2-9-29-19-25-17(22-8-11-28-13-12-27-10-7-21)24-18(26-19)23-14-15-5-3-4-6-16(15)20/h2-6H,1,7-14,21H2,(H2,22,23,24,25,26). The highest BCUT2D eigenvalue weighted by Gasteiger charge is 2.08. The summed E-state index contributed by atoms with van der Waals surface area (Å²) in [6.07, 6.45) is 1.59. The first-order valence-electron chi connectivity index (χ1n) is 9.29. The molecule has 0 amide bonds. The summed E-state index contributed by atoms with van der Waals surface area (Å²) in [6, 6.07) is 6.62. The molecule has 1 aromatic carbocycles. The third-order valence-electron chi connectivity index (χ3n) is 3.50. The van der Waals surface area contributed by atoms with Crippen LogP contribution in [-0.4, -0.2) is 61.1 Å². The van der Waals surface area contributed by atoms with Gasteiger partial charge < -0.3 is 30.6 Å². The Morgan fingerprint density at radius 3 is 2.45 bits per heavy atom. The van der Waals surface area contributed by atoms with E-state index in [1.54, 1.807) is 24.3 Å². The molecule has 0 bridgehead atoms. The molecular formula is C19H27FN6O3. The molecule has 0 saturated carbocycles. The molecule has 0 radical (unpaired) electrons. The van der Waals surface area contributed by atoms with Crippen molar-refractivity contribution in [1.82, 2.24) is 15.0 Å². The molecule has 0 aliphatic carbocycles. The zero-order valence-electron chi connectivity index (χ0n) is 16.3. The Bertz CT molecular complexity index is 750. The monoisotopic (exact) mass is 406 g/mol. The van der Waals surface area contributed by atoms with E-state index in [9.17, 15) is 4.39 Å². The van der Waals surface area contributed by atoms with Crippen LogP contribution in [0, 0.1) is 5.82 Å². The van der Waals surface area contributed by atoms with Crippen molar-refractivity contribution in [1.29, 1.82) is 0 Å². The molecule has 2 aromatic rings. The summed E-state index contributed by atoms with van der Waals surface area (Å²) in [5.41, 5.74) is 5.84. The van der Waals surface area contributed by atoms with Crippen LogP contribution in [0.2, 0.25) is 0 Å². The van der Waals surface area contributed by atoms with Gasteiger partial charge in [0.1, 0.15) is 12.4 Å². The second kappa shape index (κ2) is 13.4. The van der Waals surface area contributed by atoms with E-state index in [1.807, 2.05) is 0 Å². The van der Waals surface area contributed by atoms with Crippen LogP contribution in [0.3, 0.4) is 0 Å². The predicted molar refractivity (Wildman–Crippen MR) is 108 cm³/mol. The van der Waals surface area contributed by atoms with Crippen LogP contribution >= 0.6 is 0 Å². The van der Waals surface area contributed by atoms with Gasteiger partial charge in [0.05, 0.1) is 26.4 Å². The van der Waals surface area contributed by atoms with Crippen LogP contribution in [0.5, 0.6) is 6.01 Å². The van der Waals surface area contributed by atoms with E-state index in [0.29, 0.717) is 51.0 Å². The number of ether oxygens (including phenoxy) is 3. The minimum absolute atomic E-state index is 0.134. The predicted octanol–water partition coefficient (Wildman–Crippen LogP) is 1.59. The summed E-state index contributed by atoms with van der Waals surface area (Å²) in [5, 5.41) is 6.03. The number of hydrogen-bond donors (Lipinski definition) is 3. The van der Waals surface area contributed by atoms with E-state index >= 15 is 0 Å². The lowest BCUT2D eigenvalue weighted by Crippen LogP contribution is -2.17. The van der Waals surface area contributed by atoms with Crippen molar-refractivity contribution in [2.24, 2.45) is 5.73 Å². The molecule has 0 aliphatic heterocycles. The Morgan fingerprint density at radius 1 is 1.00 bits per heavy atom. The first kappa shape index (κ1) is 22.5. The lowest BCUT2D eigenvalue weighted by atomic mass is 10.2. The van der Waals surface area contributed by atoms with Gasteiger partial charge in [-0.05, 0) is 6.07 Å². The summed E-state index contributed by atoms with van der Waals surface area (Å²) in [5.74, 6) is 0.280. The number of rotatable bonds is 15. The average Bonchev–Trinajstić information content (AvgIpc) is 2.73. The normalized spacial score (nSPS) is 10.6. The maximum atomic E-state index is 13.8. The van der Waals surface area contributed by atoms with Gasteiger partial charge in [-0.2, -0.15) is 15.0 Å². The fourth-order valence-corrected chi connectivity index (χ4v) is 2.17. The average molecular weight is 406 g/mol. The second-order valence-corrected chi connectivity index (χ2v) is 5.75. The number of aromatic nitrogens is 3. The Balaban J connectivity index is 1.88. The van der Waals surface area contributed by atoms with Gasteiger partial charge in [-0.15, -0.1) is 0 Å². The van der Waals surface area contributed by atoms with Crippen LogP contribution < -0.4 is 21.1 Å². The zero-order chi connectivity index (χ0) is 20.7. The molecule has 0 fully saturated rings. The fraction of sp³-hybridized carbons (Fsp3) is 0.421. The number of nitrogens with zero attached hydrogens (tertiary/aromatic N) is 3. The summed E-state index contributed by atoms with van der Waals surface area (Å²) in [7, 11) is 0. The van der Waals surface area contributed by atoms with Gasteiger partial charge in [-0.25, -0.2) is 4.39 Å². The van der Waals surface area contributed by atoms with E-state index < -0.39 is 0 Å². The molecule has 158 valence electrons. The number of nitrogens with one attached hydrogen (secondary N) is 2. The Kier molecular flexibility index (Phi) is 10.4. The van der Waals surface area contributed by atoms with Crippen molar-refractivity contribution in [3.8, 4) is 6.01 Å². The van der Waals surface area contributed by atoms with Gasteiger partial charge in [0.2, 0.25) is 11.9 Å². The molecule has 9 nitrogen and oxygen atoms in total. The van der Waals surface area contributed by atoms with E-state index in [-0.39, 0.29) is 30.9 Å². The molecule has 2 rings (SSSR count). The van der Waals surface area contributed by atoms with Gasteiger partial charge in [0.15, 0.2) is 0 Å². The maximum Gasteiger partial charge on any atom is 0.323 e. The third-order valence-corrected chi connectivity index (χ3v) is 3.50. The minimum Gasteiger partial charge on any atom is -0.459 e. The first-order valence-corrected chi connectivity index (χ1v) is 9.29. The molecule has 0 unspecified atom stereocenters. The summed E-state index contributed by atoms with van der Waals surface area (Å²) in [4.78, 5) is 12.6. The maximum absolute atomic E-state index is 13.8. The lowest BCUT2D eigenvalue weighted by molar-refractivity contribution is 0.0547. The Labute approximate surface area is 169 Å². The van der Waals surface area contributed by atoms with E-state index in [4.69, 9.17) is 19.9 Å². The molecular weight excluding hydrogens is 379 g/mol. The van der Waals surface area contributed by atoms with Crippen molar-refractivity contribution in [3.05, 3.63) is 48.3 Å². The van der Waals surface area contributed by atoms with E-state index in [1.165, 1.54) is 6.07 Å². The number of anilines is 2.